The van der Waals surface area contributed by atoms with E-state index in [0.29, 0.717) is 12.0 Å². The molecule has 6 nitrogen and oxygen atoms in total. The lowest BCUT2D eigenvalue weighted by Gasteiger charge is -2.12. The quantitative estimate of drug-likeness (QED) is 0.690. The summed E-state index contributed by atoms with van der Waals surface area (Å²) in [5, 5.41) is 14.0. The summed E-state index contributed by atoms with van der Waals surface area (Å²) in [6.45, 7) is 9.32. The van der Waals surface area contributed by atoms with Crippen molar-refractivity contribution in [1.82, 2.24) is 19.7 Å². The summed E-state index contributed by atoms with van der Waals surface area (Å²) in [5.41, 5.74) is 2.53. The molecule has 0 bridgehead atoms. The molecule has 2 aromatic heterocycles. The Morgan fingerprint density at radius 2 is 1.86 bits per heavy atom. The van der Waals surface area contributed by atoms with Crippen molar-refractivity contribution in [1.29, 1.82) is 0 Å². The van der Waals surface area contributed by atoms with Crippen LogP contribution in [0, 0.1) is 0 Å². The van der Waals surface area contributed by atoms with Gasteiger partial charge in [0.25, 0.3) is 0 Å². The summed E-state index contributed by atoms with van der Waals surface area (Å²) in [6, 6.07) is 11.4. The van der Waals surface area contributed by atoms with Gasteiger partial charge in [-0.15, -0.1) is 0 Å². The van der Waals surface area contributed by atoms with E-state index in [1.807, 2.05) is 28.9 Å². The van der Waals surface area contributed by atoms with Gasteiger partial charge in [-0.1, -0.05) is 58.0 Å². The van der Waals surface area contributed by atoms with Crippen LogP contribution in [0.4, 0.5) is 0 Å². The van der Waals surface area contributed by atoms with Crippen LogP contribution in [0.3, 0.4) is 0 Å². The minimum Gasteiger partial charge on any atom is -0.476 e. The van der Waals surface area contributed by atoms with Crippen molar-refractivity contribution < 1.29 is 9.90 Å². The summed E-state index contributed by atoms with van der Waals surface area (Å²) < 4.78 is 2.00. The maximum absolute atomic E-state index is 11.4. The average molecular weight is 378 g/mol. The minimum atomic E-state index is -1.03. The van der Waals surface area contributed by atoms with Gasteiger partial charge in [-0.3, -0.25) is 0 Å². The molecule has 0 spiro atoms. The van der Waals surface area contributed by atoms with E-state index < -0.39 is 5.97 Å². The number of hydrogen-bond acceptors (Lipinski definition) is 4. The van der Waals surface area contributed by atoms with Gasteiger partial charge in [-0.05, 0) is 23.6 Å². The molecule has 1 N–H and O–H groups in total. The highest BCUT2D eigenvalue weighted by Gasteiger charge is 2.21. The number of benzene rings is 1. The molecule has 0 saturated carbocycles. The second-order valence-corrected chi connectivity index (χ2v) is 7.90. The van der Waals surface area contributed by atoms with Crippen LogP contribution >= 0.6 is 0 Å². The van der Waals surface area contributed by atoms with Gasteiger partial charge in [-0.25, -0.2) is 19.4 Å². The summed E-state index contributed by atoms with van der Waals surface area (Å²) in [4.78, 5) is 20.2. The number of carboxylic acids is 1. The van der Waals surface area contributed by atoms with Crippen molar-refractivity contribution in [2.24, 2.45) is 0 Å². The third kappa shape index (κ3) is 4.27. The number of rotatable bonds is 6. The minimum absolute atomic E-state index is 0.0627. The lowest BCUT2D eigenvalue weighted by atomic mass is 9.96. The standard InChI is InChI=1S/C22H26N4O2/c1-5-13-26-18(24-21(25-26)22(2,3)4)14-15-8-10-16(11-9-15)17-7-6-12-23-19(17)20(27)28/h6-12H,5,13-14H2,1-4H3,(H,27,28). The third-order valence-corrected chi connectivity index (χ3v) is 4.49. The second-order valence-electron chi connectivity index (χ2n) is 7.90. The van der Waals surface area contributed by atoms with Gasteiger partial charge < -0.3 is 5.11 Å². The van der Waals surface area contributed by atoms with Crippen LogP contribution in [0.15, 0.2) is 42.6 Å². The SMILES string of the molecule is CCCn1nc(C(C)(C)C)nc1Cc1ccc(-c2cccnc2C(=O)O)cc1. The summed E-state index contributed by atoms with van der Waals surface area (Å²) in [6.07, 6.45) is 3.18. The van der Waals surface area contributed by atoms with Gasteiger partial charge in [0.05, 0.1) is 0 Å². The van der Waals surface area contributed by atoms with Crippen molar-refractivity contribution in [2.45, 2.75) is 52.5 Å². The Kier molecular flexibility index (Phi) is 5.58. The molecule has 1 aromatic carbocycles. The number of aromatic carboxylic acids is 1. The fourth-order valence-corrected chi connectivity index (χ4v) is 3.01. The molecule has 0 atom stereocenters. The predicted molar refractivity (Wildman–Crippen MR) is 108 cm³/mol. The Hall–Kier alpha value is -3.02. The highest BCUT2D eigenvalue weighted by Crippen LogP contribution is 2.24. The molecule has 0 fully saturated rings. The molecule has 3 rings (SSSR count). The van der Waals surface area contributed by atoms with Crippen molar-refractivity contribution >= 4 is 5.97 Å². The average Bonchev–Trinajstić information content (AvgIpc) is 3.06. The van der Waals surface area contributed by atoms with Crippen LogP contribution in [0.25, 0.3) is 11.1 Å². The normalized spacial score (nSPS) is 11.6. The Balaban J connectivity index is 1.88. The fourth-order valence-electron chi connectivity index (χ4n) is 3.01. The van der Waals surface area contributed by atoms with E-state index in [0.717, 1.165) is 35.7 Å². The van der Waals surface area contributed by atoms with Gasteiger partial charge in [-0.2, -0.15) is 5.10 Å². The number of carbonyl (C=O) groups is 1. The molecule has 0 aliphatic carbocycles. The smallest absolute Gasteiger partial charge is 0.355 e. The van der Waals surface area contributed by atoms with Crippen molar-refractivity contribution in [3.05, 3.63) is 65.5 Å². The van der Waals surface area contributed by atoms with Crippen molar-refractivity contribution in [3.63, 3.8) is 0 Å². The monoisotopic (exact) mass is 378 g/mol. The molecule has 6 heteroatoms. The van der Waals surface area contributed by atoms with Gasteiger partial charge in [0.15, 0.2) is 11.5 Å². The lowest BCUT2D eigenvalue weighted by molar-refractivity contribution is 0.0691. The molecule has 28 heavy (non-hydrogen) atoms. The highest BCUT2D eigenvalue weighted by molar-refractivity contribution is 5.93. The molecule has 2 heterocycles. The molecule has 3 aromatic rings. The lowest BCUT2D eigenvalue weighted by Crippen LogP contribution is -2.14. The number of aryl methyl sites for hydroxylation is 1. The van der Waals surface area contributed by atoms with E-state index in [2.05, 4.69) is 32.7 Å². The van der Waals surface area contributed by atoms with E-state index in [4.69, 9.17) is 10.1 Å². The predicted octanol–water partition coefficient (Wildman–Crippen LogP) is 4.34. The first-order valence-corrected chi connectivity index (χ1v) is 9.51. The maximum atomic E-state index is 11.4. The van der Waals surface area contributed by atoms with E-state index in [-0.39, 0.29) is 11.1 Å². The molecular weight excluding hydrogens is 352 g/mol. The zero-order valence-electron chi connectivity index (χ0n) is 16.8. The largest absolute Gasteiger partial charge is 0.476 e. The summed E-state index contributed by atoms with van der Waals surface area (Å²) in [7, 11) is 0. The Morgan fingerprint density at radius 1 is 1.14 bits per heavy atom. The summed E-state index contributed by atoms with van der Waals surface area (Å²) in [5.74, 6) is 0.781. The summed E-state index contributed by atoms with van der Waals surface area (Å²) >= 11 is 0. The first kappa shape index (κ1) is 19.7. The molecular formula is C22H26N4O2. The zero-order valence-corrected chi connectivity index (χ0v) is 16.8. The van der Waals surface area contributed by atoms with E-state index in [9.17, 15) is 9.90 Å². The van der Waals surface area contributed by atoms with E-state index in [1.54, 1.807) is 12.1 Å². The number of carboxylic acid groups (broad SMARTS) is 1. The molecule has 0 unspecified atom stereocenters. The van der Waals surface area contributed by atoms with Crippen LogP contribution in [-0.4, -0.2) is 30.8 Å². The van der Waals surface area contributed by atoms with Crippen LogP contribution in [0.2, 0.25) is 0 Å². The van der Waals surface area contributed by atoms with Crippen molar-refractivity contribution in [2.75, 3.05) is 0 Å². The molecule has 0 radical (unpaired) electrons. The molecule has 0 amide bonds. The van der Waals surface area contributed by atoms with Gasteiger partial charge in [0, 0.05) is 30.1 Å². The Labute approximate surface area is 165 Å². The number of hydrogen-bond donors (Lipinski definition) is 1. The zero-order chi connectivity index (χ0) is 20.3. The molecule has 0 aliphatic heterocycles. The van der Waals surface area contributed by atoms with Crippen LogP contribution in [0.1, 0.15) is 61.8 Å². The van der Waals surface area contributed by atoms with Crippen molar-refractivity contribution in [3.8, 4) is 11.1 Å². The van der Waals surface area contributed by atoms with Crippen LogP contribution in [0.5, 0.6) is 0 Å². The number of nitrogens with zero attached hydrogens (tertiary/aromatic N) is 4. The highest BCUT2D eigenvalue weighted by atomic mass is 16.4. The van der Waals surface area contributed by atoms with Gasteiger partial charge in [0.1, 0.15) is 5.82 Å². The Bertz CT molecular complexity index is 969. The number of pyridine rings is 1. The second kappa shape index (κ2) is 7.92. The molecule has 146 valence electrons. The molecule has 0 saturated heterocycles. The maximum Gasteiger partial charge on any atom is 0.355 e. The van der Waals surface area contributed by atoms with E-state index >= 15 is 0 Å². The Morgan fingerprint density at radius 3 is 2.46 bits per heavy atom. The van der Waals surface area contributed by atoms with Crippen LogP contribution < -0.4 is 0 Å². The molecule has 0 aliphatic rings. The number of aromatic nitrogens is 4. The first-order chi connectivity index (χ1) is 13.3. The van der Waals surface area contributed by atoms with Gasteiger partial charge in [0.2, 0.25) is 0 Å². The third-order valence-electron chi connectivity index (χ3n) is 4.49. The fraction of sp³-hybridized carbons (Fsp3) is 0.364. The van der Waals surface area contributed by atoms with Crippen LogP contribution in [-0.2, 0) is 18.4 Å². The topological polar surface area (TPSA) is 80.9 Å². The first-order valence-electron chi connectivity index (χ1n) is 9.51. The van der Waals surface area contributed by atoms with Gasteiger partial charge >= 0.3 is 5.97 Å². The van der Waals surface area contributed by atoms with E-state index in [1.165, 1.54) is 6.20 Å².